The first kappa shape index (κ1) is 22.6. The highest BCUT2D eigenvalue weighted by atomic mass is 31.2. The molecule has 8 heteroatoms. The third-order valence-electron chi connectivity index (χ3n) is 3.63. The Balaban J connectivity index is 2.68. The van der Waals surface area contributed by atoms with Crippen molar-refractivity contribution in [1.82, 2.24) is 4.90 Å². The lowest BCUT2D eigenvalue weighted by molar-refractivity contribution is -0.163. The highest BCUT2D eigenvalue weighted by molar-refractivity contribution is 7.53. The number of nitrogens with zero attached hydrogens (tertiary/aromatic N) is 1. The number of amides is 1. The normalized spacial score (nSPS) is 17.8. The van der Waals surface area contributed by atoms with Gasteiger partial charge in [0.05, 0.1) is 19.4 Å². The number of carbonyl (C=O) groups is 2. The fraction of sp³-hybridized carbons (Fsp3) is 0.667. The van der Waals surface area contributed by atoms with Crippen LogP contribution in [0.5, 0.6) is 0 Å². The van der Waals surface area contributed by atoms with E-state index in [-0.39, 0.29) is 31.7 Å². The molecule has 0 aromatic rings. The van der Waals surface area contributed by atoms with E-state index in [0.717, 1.165) is 6.42 Å². The first-order valence-electron chi connectivity index (χ1n) is 8.74. The molecule has 1 aliphatic rings. The molecule has 1 atom stereocenters. The SMILES string of the molecule is C=CCOP(=O)(CCC(=O)N1CCC[C@H]1C(=O)OC(C)(C)C)OCC=C. The van der Waals surface area contributed by atoms with Crippen LogP contribution in [0.4, 0.5) is 0 Å². The van der Waals surface area contributed by atoms with Gasteiger partial charge in [-0.05, 0) is 33.6 Å². The van der Waals surface area contributed by atoms with Gasteiger partial charge in [-0.25, -0.2) is 4.79 Å². The maximum absolute atomic E-state index is 12.7. The molecule has 0 bridgehead atoms. The maximum atomic E-state index is 12.7. The number of hydrogen-bond acceptors (Lipinski definition) is 6. The van der Waals surface area contributed by atoms with E-state index in [1.165, 1.54) is 17.1 Å². The van der Waals surface area contributed by atoms with Gasteiger partial charge in [0.1, 0.15) is 11.6 Å². The number of hydrogen-bond donors (Lipinski definition) is 0. The minimum Gasteiger partial charge on any atom is -0.458 e. The topological polar surface area (TPSA) is 82.1 Å². The van der Waals surface area contributed by atoms with Crippen LogP contribution in [0.25, 0.3) is 0 Å². The van der Waals surface area contributed by atoms with Gasteiger partial charge in [-0.15, -0.1) is 13.2 Å². The molecule has 1 rings (SSSR count). The molecular formula is C18H30NO6P. The van der Waals surface area contributed by atoms with E-state index >= 15 is 0 Å². The molecule has 1 heterocycles. The molecule has 0 spiro atoms. The number of ether oxygens (including phenoxy) is 1. The molecule has 7 nitrogen and oxygen atoms in total. The van der Waals surface area contributed by atoms with Crippen molar-refractivity contribution in [3.8, 4) is 0 Å². The zero-order chi connectivity index (χ0) is 19.8. The summed E-state index contributed by atoms with van der Waals surface area (Å²) in [6.07, 6.45) is 4.12. The quantitative estimate of drug-likeness (QED) is 0.325. The fourth-order valence-electron chi connectivity index (χ4n) is 2.56. The average Bonchev–Trinajstić information content (AvgIpc) is 3.05. The molecule has 1 aliphatic heterocycles. The van der Waals surface area contributed by atoms with E-state index in [1.54, 1.807) is 20.8 Å². The van der Waals surface area contributed by atoms with Gasteiger partial charge in [0.25, 0.3) is 0 Å². The highest BCUT2D eigenvalue weighted by Crippen LogP contribution is 2.48. The zero-order valence-corrected chi connectivity index (χ0v) is 16.8. The second-order valence-corrected chi connectivity index (χ2v) is 9.22. The van der Waals surface area contributed by atoms with Crippen LogP contribution >= 0.6 is 7.60 Å². The predicted octanol–water partition coefficient (Wildman–Crippen LogP) is 3.31. The van der Waals surface area contributed by atoms with Crippen molar-refractivity contribution in [1.29, 1.82) is 0 Å². The van der Waals surface area contributed by atoms with Gasteiger partial charge < -0.3 is 18.7 Å². The Kier molecular flexibility index (Phi) is 8.74. The summed E-state index contributed by atoms with van der Waals surface area (Å²) in [7, 11) is -3.43. The molecule has 0 unspecified atom stereocenters. The molecule has 148 valence electrons. The fourth-order valence-corrected chi connectivity index (χ4v) is 4.02. The van der Waals surface area contributed by atoms with E-state index in [0.29, 0.717) is 13.0 Å². The molecule has 26 heavy (non-hydrogen) atoms. The van der Waals surface area contributed by atoms with Crippen LogP contribution < -0.4 is 0 Å². The van der Waals surface area contributed by atoms with Crippen LogP contribution in [0, 0.1) is 0 Å². The Morgan fingerprint density at radius 1 is 1.19 bits per heavy atom. The van der Waals surface area contributed by atoms with E-state index in [1.807, 2.05) is 0 Å². The number of carbonyl (C=O) groups excluding carboxylic acids is 2. The number of esters is 1. The summed E-state index contributed by atoms with van der Waals surface area (Å²) in [6.45, 7) is 13.0. The molecule has 1 amide bonds. The van der Waals surface area contributed by atoms with Crippen LogP contribution in [0.2, 0.25) is 0 Å². The number of rotatable bonds is 10. The van der Waals surface area contributed by atoms with Crippen LogP contribution in [-0.4, -0.2) is 54.3 Å². The van der Waals surface area contributed by atoms with Crippen molar-refractivity contribution in [3.63, 3.8) is 0 Å². The summed E-state index contributed by atoms with van der Waals surface area (Å²) < 4.78 is 28.5. The second kappa shape index (κ2) is 10.0. The summed E-state index contributed by atoms with van der Waals surface area (Å²) in [5.41, 5.74) is -0.610. The Morgan fingerprint density at radius 3 is 2.27 bits per heavy atom. The van der Waals surface area contributed by atoms with E-state index in [2.05, 4.69) is 13.2 Å². The molecule has 0 N–H and O–H groups in total. The van der Waals surface area contributed by atoms with Gasteiger partial charge in [-0.1, -0.05) is 12.2 Å². The van der Waals surface area contributed by atoms with Gasteiger partial charge in [0.15, 0.2) is 0 Å². The Bertz CT molecular complexity index is 553. The first-order valence-corrected chi connectivity index (χ1v) is 10.5. The van der Waals surface area contributed by atoms with Crippen molar-refractivity contribution < 1.29 is 27.9 Å². The van der Waals surface area contributed by atoms with Gasteiger partial charge in [-0.3, -0.25) is 9.36 Å². The van der Waals surface area contributed by atoms with Gasteiger partial charge in [0, 0.05) is 13.0 Å². The lowest BCUT2D eigenvalue weighted by Gasteiger charge is -2.27. The third kappa shape index (κ3) is 7.44. The van der Waals surface area contributed by atoms with Crippen molar-refractivity contribution in [2.24, 2.45) is 0 Å². The minimum absolute atomic E-state index is 0.0368. The average molecular weight is 387 g/mol. The smallest absolute Gasteiger partial charge is 0.331 e. The molecule has 1 saturated heterocycles. The van der Waals surface area contributed by atoms with E-state index in [9.17, 15) is 14.2 Å². The Morgan fingerprint density at radius 2 is 1.77 bits per heavy atom. The summed E-state index contributed by atoms with van der Waals surface area (Å²) >= 11 is 0. The van der Waals surface area contributed by atoms with Crippen LogP contribution in [0.1, 0.15) is 40.0 Å². The van der Waals surface area contributed by atoms with Gasteiger partial charge in [-0.2, -0.15) is 0 Å². The Labute approximate surface area is 155 Å². The van der Waals surface area contributed by atoms with E-state index < -0.39 is 25.2 Å². The molecule has 0 aromatic heterocycles. The summed E-state index contributed by atoms with van der Waals surface area (Å²) in [5.74, 6) is -0.666. The summed E-state index contributed by atoms with van der Waals surface area (Å²) in [4.78, 5) is 26.4. The number of likely N-dealkylation sites (tertiary alicyclic amines) is 1. The summed E-state index contributed by atoms with van der Waals surface area (Å²) in [5, 5.41) is 0. The van der Waals surface area contributed by atoms with Crippen LogP contribution in [0.3, 0.4) is 0 Å². The lowest BCUT2D eigenvalue weighted by Crippen LogP contribution is -2.43. The van der Waals surface area contributed by atoms with Crippen molar-refractivity contribution >= 4 is 19.5 Å². The minimum atomic E-state index is -3.43. The van der Waals surface area contributed by atoms with Crippen molar-refractivity contribution in [2.75, 3.05) is 25.9 Å². The maximum Gasteiger partial charge on any atom is 0.331 e. The monoisotopic (exact) mass is 387 g/mol. The largest absolute Gasteiger partial charge is 0.458 e. The van der Waals surface area contributed by atoms with Gasteiger partial charge in [0.2, 0.25) is 5.91 Å². The van der Waals surface area contributed by atoms with Crippen molar-refractivity contribution in [3.05, 3.63) is 25.3 Å². The van der Waals surface area contributed by atoms with Crippen LogP contribution in [-0.2, 0) is 27.9 Å². The lowest BCUT2D eigenvalue weighted by atomic mass is 10.1. The summed E-state index contributed by atoms with van der Waals surface area (Å²) in [6, 6.07) is -0.593. The molecule has 0 saturated carbocycles. The second-order valence-electron chi connectivity index (χ2n) is 7.03. The molecular weight excluding hydrogens is 357 g/mol. The molecule has 0 aromatic carbocycles. The predicted molar refractivity (Wildman–Crippen MR) is 100.0 cm³/mol. The van der Waals surface area contributed by atoms with Crippen molar-refractivity contribution in [2.45, 2.75) is 51.7 Å². The van der Waals surface area contributed by atoms with Crippen LogP contribution in [0.15, 0.2) is 25.3 Å². The van der Waals surface area contributed by atoms with Gasteiger partial charge >= 0.3 is 13.6 Å². The first-order chi connectivity index (χ1) is 12.1. The molecule has 0 radical (unpaired) electrons. The standard InChI is InChI=1S/C18H30NO6P/c1-6-12-23-26(22,24-13-7-2)14-10-16(20)19-11-8-9-15(19)17(21)25-18(3,4)5/h6-7,15H,1-2,8-14H2,3-5H3/t15-/m0/s1. The highest BCUT2D eigenvalue weighted by Gasteiger charge is 2.37. The molecule has 0 aliphatic carbocycles. The zero-order valence-electron chi connectivity index (χ0n) is 15.9. The molecule has 1 fully saturated rings. The van der Waals surface area contributed by atoms with E-state index in [4.69, 9.17) is 13.8 Å². The third-order valence-corrected chi connectivity index (χ3v) is 5.49. The Hall–Kier alpha value is -1.43.